The molecule has 0 atom stereocenters. The second-order valence-electron chi connectivity index (χ2n) is 6.26. The molecule has 0 aromatic carbocycles. The van der Waals surface area contributed by atoms with Crippen molar-refractivity contribution < 1.29 is 0 Å². The number of fused-ring (bicyclic) bond motifs is 1. The first kappa shape index (κ1) is 15.3. The van der Waals surface area contributed by atoms with Gasteiger partial charge in [0, 0.05) is 19.3 Å². The van der Waals surface area contributed by atoms with Gasteiger partial charge in [0.15, 0.2) is 0 Å². The molecule has 0 radical (unpaired) electrons. The molecule has 24 heavy (non-hydrogen) atoms. The first-order valence-corrected chi connectivity index (χ1v) is 8.44. The van der Waals surface area contributed by atoms with E-state index in [1.165, 1.54) is 12.7 Å². The van der Waals surface area contributed by atoms with Gasteiger partial charge in [-0.2, -0.15) is 14.6 Å². The second-order valence-corrected chi connectivity index (χ2v) is 6.66. The number of aromatic nitrogens is 6. The van der Waals surface area contributed by atoms with Gasteiger partial charge in [-0.15, -0.1) is 0 Å². The van der Waals surface area contributed by atoms with Crippen molar-refractivity contribution in [2.75, 3.05) is 18.0 Å². The zero-order valence-corrected chi connectivity index (χ0v) is 14.4. The normalized spacial score (nSPS) is 16.0. The van der Waals surface area contributed by atoms with Crippen LogP contribution in [0, 0.1) is 12.8 Å². The summed E-state index contributed by atoms with van der Waals surface area (Å²) in [6.45, 7) is 6.19. The Morgan fingerprint density at radius 1 is 1.17 bits per heavy atom. The molecule has 0 aliphatic carbocycles. The van der Waals surface area contributed by atoms with Crippen LogP contribution in [0.4, 0.5) is 5.82 Å². The fraction of sp³-hybridized carbons (Fsp3) is 0.438. The Morgan fingerprint density at radius 3 is 2.71 bits per heavy atom. The maximum atomic E-state index is 6.37. The van der Waals surface area contributed by atoms with Gasteiger partial charge in [0.2, 0.25) is 0 Å². The Morgan fingerprint density at radius 2 is 1.96 bits per heavy atom. The SMILES string of the molecule is Cc1nc2ncnn2c(N2CCC(C)CC2)c1-c1ncncc1Cl. The zero-order valence-electron chi connectivity index (χ0n) is 13.6. The van der Waals surface area contributed by atoms with Gasteiger partial charge in [-0.25, -0.2) is 15.0 Å². The zero-order chi connectivity index (χ0) is 16.7. The molecule has 3 aromatic rings. The number of aryl methyl sites for hydroxylation is 1. The molecule has 0 bridgehead atoms. The van der Waals surface area contributed by atoms with Gasteiger partial charge < -0.3 is 4.90 Å². The third-order valence-electron chi connectivity index (χ3n) is 4.57. The van der Waals surface area contributed by atoms with Crippen molar-refractivity contribution in [3.63, 3.8) is 0 Å². The Kier molecular flexibility index (Phi) is 3.80. The third-order valence-corrected chi connectivity index (χ3v) is 4.85. The summed E-state index contributed by atoms with van der Waals surface area (Å²) in [5.41, 5.74) is 2.42. The van der Waals surface area contributed by atoms with Gasteiger partial charge in [0.05, 0.1) is 22.0 Å². The predicted molar refractivity (Wildman–Crippen MR) is 92.2 cm³/mol. The monoisotopic (exact) mass is 343 g/mol. The fourth-order valence-electron chi connectivity index (χ4n) is 3.22. The van der Waals surface area contributed by atoms with Crippen LogP contribution < -0.4 is 4.90 Å². The molecular weight excluding hydrogens is 326 g/mol. The highest BCUT2D eigenvalue weighted by molar-refractivity contribution is 6.33. The van der Waals surface area contributed by atoms with E-state index in [0.29, 0.717) is 16.5 Å². The molecule has 124 valence electrons. The summed E-state index contributed by atoms with van der Waals surface area (Å²) < 4.78 is 1.79. The summed E-state index contributed by atoms with van der Waals surface area (Å²) in [7, 11) is 0. The highest BCUT2D eigenvalue weighted by atomic mass is 35.5. The summed E-state index contributed by atoms with van der Waals surface area (Å²) >= 11 is 6.37. The number of hydrogen-bond donors (Lipinski definition) is 0. The minimum absolute atomic E-state index is 0.508. The van der Waals surface area contributed by atoms with Crippen LogP contribution in [0.3, 0.4) is 0 Å². The van der Waals surface area contributed by atoms with Crippen molar-refractivity contribution in [2.45, 2.75) is 26.7 Å². The van der Waals surface area contributed by atoms with Crippen molar-refractivity contribution in [1.29, 1.82) is 0 Å². The molecule has 1 saturated heterocycles. The fourth-order valence-corrected chi connectivity index (χ4v) is 3.42. The molecule has 0 N–H and O–H groups in total. The molecule has 3 aromatic heterocycles. The maximum Gasteiger partial charge on any atom is 0.254 e. The average Bonchev–Trinajstić information content (AvgIpc) is 3.03. The summed E-state index contributed by atoms with van der Waals surface area (Å²) in [6.07, 6.45) is 6.94. The van der Waals surface area contributed by atoms with Crippen LogP contribution in [0.2, 0.25) is 5.02 Å². The molecule has 4 rings (SSSR count). The number of piperidine rings is 1. The second kappa shape index (κ2) is 5.98. The molecule has 1 aliphatic heterocycles. The van der Waals surface area contributed by atoms with Gasteiger partial charge in [-0.3, -0.25) is 0 Å². The van der Waals surface area contributed by atoms with Crippen LogP contribution in [-0.4, -0.2) is 42.6 Å². The van der Waals surface area contributed by atoms with Gasteiger partial charge >= 0.3 is 0 Å². The van der Waals surface area contributed by atoms with Crippen LogP contribution in [-0.2, 0) is 0 Å². The van der Waals surface area contributed by atoms with E-state index < -0.39 is 0 Å². The first-order chi connectivity index (χ1) is 11.6. The van der Waals surface area contributed by atoms with E-state index in [1.54, 1.807) is 10.7 Å². The van der Waals surface area contributed by atoms with E-state index >= 15 is 0 Å². The Bertz CT molecular complexity index is 883. The van der Waals surface area contributed by atoms with E-state index in [-0.39, 0.29) is 0 Å². The minimum Gasteiger partial charge on any atom is -0.356 e. The van der Waals surface area contributed by atoms with Crippen molar-refractivity contribution in [2.24, 2.45) is 5.92 Å². The summed E-state index contributed by atoms with van der Waals surface area (Å²) in [6, 6.07) is 0. The molecule has 0 unspecified atom stereocenters. The summed E-state index contributed by atoms with van der Waals surface area (Å²) in [5, 5.41) is 4.89. The lowest BCUT2D eigenvalue weighted by Gasteiger charge is -2.33. The van der Waals surface area contributed by atoms with Crippen molar-refractivity contribution in [1.82, 2.24) is 29.5 Å². The Labute approximate surface area is 144 Å². The van der Waals surface area contributed by atoms with Crippen LogP contribution in [0.25, 0.3) is 17.0 Å². The van der Waals surface area contributed by atoms with Crippen LogP contribution in [0.5, 0.6) is 0 Å². The summed E-state index contributed by atoms with van der Waals surface area (Å²) in [4.78, 5) is 19.6. The summed E-state index contributed by atoms with van der Waals surface area (Å²) in [5.74, 6) is 2.29. The highest BCUT2D eigenvalue weighted by Crippen LogP contribution is 2.36. The Hall–Kier alpha value is -2.28. The number of nitrogens with zero attached hydrogens (tertiary/aromatic N) is 7. The van der Waals surface area contributed by atoms with Crippen molar-refractivity contribution in [3.8, 4) is 11.3 Å². The quantitative estimate of drug-likeness (QED) is 0.712. The molecule has 4 heterocycles. The number of anilines is 1. The first-order valence-electron chi connectivity index (χ1n) is 8.06. The molecule has 0 spiro atoms. The van der Waals surface area contributed by atoms with Gasteiger partial charge in [-0.1, -0.05) is 18.5 Å². The van der Waals surface area contributed by atoms with Crippen LogP contribution in [0.15, 0.2) is 18.9 Å². The van der Waals surface area contributed by atoms with Crippen molar-refractivity contribution >= 4 is 23.2 Å². The third kappa shape index (κ3) is 2.49. The molecule has 0 saturated carbocycles. The lowest BCUT2D eigenvalue weighted by molar-refractivity contribution is 0.435. The molecule has 7 nitrogen and oxygen atoms in total. The minimum atomic E-state index is 0.508. The average molecular weight is 344 g/mol. The standard InChI is InChI=1S/C16H18ClN7/c1-10-3-5-23(6-4-10)15-13(14-12(17)7-18-8-19-14)11(2)22-16-20-9-21-24(15)16/h7-10H,3-6H2,1-2H3. The molecule has 1 fully saturated rings. The largest absolute Gasteiger partial charge is 0.356 e. The molecule has 1 aliphatic rings. The highest BCUT2D eigenvalue weighted by Gasteiger charge is 2.26. The van der Waals surface area contributed by atoms with Gasteiger partial charge in [0.1, 0.15) is 18.5 Å². The number of rotatable bonds is 2. The van der Waals surface area contributed by atoms with Crippen molar-refractivity contribution in [3.05, 3.63) is 29.6 Å². The smallest absolute Gasteiger partial charge is 0.254 e. The Balaban J connectivity index is 1.97. The maximum absolute atomic E-state index is 6.37. The van der Waals surface area contributed by atoms with E-state index in [2.05, 4.69) is 36.9 Å². The van der Waals surface area contributed by atoms with E-state index in [1.807, 2.05) is 6.92 Å². The van der Waals surface area contributed by atoms with E-state index in [0.717, 1.165) is 48.9 Å². The van der Waals surface area contributed by atoms with Crippen LogP contribution >= 0.6 is 11.6 Å². The topological polar surface area (TPSA) is 72.1 Å². The van der Waals surface area contributed by atoms with E-state index in [4.69, 9.17) is 11.6 Å². The molecule has 0 amide bonds. The lowest BCUT2D eigenvalue weighted by atomic mass is 9.98. The predicted octanol–water partition coefficient (Wildman–Crippen LogP) is 2.78. The molecular formula is C16H18ClN7. The van der Waals surface area contributed by atoms with Crippen LogP contribution in [0.1, 0.15) is 25.5 Å². The van der Waals surface area contributed by atoms with E-state index in [9.17, 15) is 0 Å². The number of halogens is 1. The number of hydrogen-bond acceptors (Lipinski definition) is 6. The molecule has 8 heteroatoms. The van der Waals surface area contributed by atoms with Gasteiger partial charge in [0.25, 0.3) is 5.78 Å². The van der Waals surface area contributed by atoms with Gasteiger partial charge in [-0.05, 0) is 25.7 Å². The lowest BCUT2D eigenvalue weighted by Crippen LogP contribution is -2.35.